The summed E-state index contributed by atoms with van der Waals surface area (Å²) in [6, 6.07) is 18.8. The second-order valence-electron chi connectivity index (χ2n) is 9.61. The van der Waals surface area contributed by atoms with Crippen LogP contribution in [0.2, 0.25) is 0 Å². The molecule has 1 saturated heterocycles. The summed E-state index contributed by atoms with van der Waals surface area (Å²) < 4.78 is 0. The molecule has 1 unspecified atom stereocenters. The van der Waals surface area contributed by atoms with Gasteiger partial charge in [0.15, 0.2) is 0 Å². The van der Waals surface area contributed by atoms with Gasteiger partial charge in [-0.2, -0.15) is 5.26 Å². The fraction of sp³-hybridized carbons (Fsp3) is 0.448. The first-order chi connectivity index (χ1) is 16.1. The smallest absolute Gasteiger partial charge is 0.252 e. The molecule has 2 heterocycles. The minimum atomic E-state index is 0.0290. The van der Waals surface area contributed by atoms with Crippen molar-refractivity contribution in [1.29, 1.82) is 5.26 Å². The van der Waals surface area contributed by atoms with Gasteiger partial charge in [-0.3, -0.25) is 9.69 Å². The van der Waals surface area contributed by atoms with Crippen molar-refractivity contribution in [2.24, 2.45) is 5.92 Å². The molecule has 0 aliphatic carbocycles. The Hall–Kier alpha value is -2.90. The molecular formula is C29H35N3O. The van der Waals surface area contributed by atoms with E-state index in [4.69, 9.17) is 0 Å². The fourth-order valence-corrected chi connectivity index (χ4v) is 5.40. The number of H-pyrrole nitrogens is 1. The predicted octanol–water partition coefficient (Wildman–Crippen LogP) is 6.28. The lowest BCUT2D eigenvalue weighted by atomic mass is 9.76. The molecule has 0 radical (unpaired) electrons. The molecule has 3 aromatic rings. The molecule has 4 rings (SSSR count). The summed E-state index contributed by atoms with van der Waals surface area (Å²) in [6.07, 6.45) is 7.29. The van der Waals surface area contributed by atoms with Gasteiger partial charge in [-0.25, -0.2) is 0 Å². The topological polar surface area (TPSA) is 59.9 Å². The standard InChI is InChI=1S/C29H35N3O/c1-3-4-5-9-27(23-11-12-25(19-30)21(2)17-23)22-13-15-32(16-14-22)20-26-18-24-8-6-7-10-28(24)31-29(26)33/h6-8,10-12,17-18,22,27H,3-5,9,13-16,20H2,1-2H3,(H,31,33). The third kappa shape index (κ3) is 5.54. The van der Waals surface area contributed by atoms with Crippen LogP contribution in [-0.2, 0) is 6.54 Å². The van der Waals surface area contributed by atoms with Crippen molar-refractivity contribution in [3.8, 4) is 6.07 Å². The molecule has 0 saturated carbocycles. The highest BCUT2D eigenvalue weighted by molar-refractivity contribution is 5.78. The second-order valence-corrected chi connectivity index (χ2v) is 9.61. The highest BCUT2D eigenvalue weighted by Crippen LogP contribution is 2.37. The number of aryl methyl sites for hydroxylation is 1. The van der Waals surface area contributed by atoms with Crippen molar-refractivity contribution >= 4 is 10.9 Å². The van der Waals surface area contributed by atoms with Crippen LogP contribution in [0.3, 0.4) is 0 Å². The Labute approximate surface area is 197 Å². The maximum Gasteiger partial charge on any atom is 0.252 e. The van der Waals surface area contributed by atoms with Gasteiger partial charge in [0, 0.05) is 17.6 Å². The number of pyridine rings is 1. The molecule has 0 amide bonds. The van der Waals surface area contributed by atoms with Crippen LogP contribution in [0, 0.1) is 24.2 Å². The minimum Gasteiger partial charge on any atom is -0.322 e. The molecule has 0 bridgehead atoms. The van der Waals surface area contributed by atoms with Crippen molar-refractivity contribution in [2.45, 2.75) is 64.8 Å². The molecule has 1 N–H and O–H groups in total. The molecular weight excluding hydrogens is 406 g/mol. The Kier molecular flexibility index (Phi) is 7.62. The van der Waals surface area contributed by atoms with E-state index in [1.807, 2.05) is 30.3 Å². The van der Waals surface area contributed by atoms with Gasteiger partial charge >= 0.3 is 0 Å². The Bertz CT molecular complexity index is 1180. The zero-order chi connectivity index (χ0) is 23.2. The minimum absolute atomic E-state index is 0.0290. The second kappa shape index (κ2) is 10.8. The van der Waals surface area contributed by atoms with E-state index in [1.54, 1.807) is 0 Å². The number of nitrogens with one attached hydrogen (secondary N) is 1. The van der Waals surface area contributed by atoms with Gasteiger partial charge in [0.1, 0.15) is 0 Å². The largest absolute Gasteiger partial charge is 0.322 e. The van der Waals surface area contributed by atoms with E-state index in [9.17, 15) is 10.1 Å². The summed E-state index contributed by atoms with van der Waals surface area (Å²) in [5.74, 6) is 1.20. The fourth-order valence-electron chi connectivity index (χ4n) is 5.40. The van der Waals surface area contributed by atoms with Crippen molar-refractivity contribution in [1.82, 2.24) is 9.88 Å². The molecule has 1 fully saturated rings. The van der Waals surface area contributed by atoms with Crippen molar-refractivity contribution in [2.75, 3.05) is 13.1 Å². The number of unbranched alkanes of at least 4 members (excludes halogenated alkanes) is 2. The number of rotatable bonds is 8. The van der Waals surface area contributed by atoms with Gasteiger partial charge in [-0.05, 0) is 85.8 Å². The summed E-state index contributed by atoms with van der Waals surface area (Å²) in [5.41, 5.74) is 5.05. The molecule has 1 aliphatic heterocycles. The number of nitriles is 1. The highest BCUT2D eigenvalue weighted by atomic mass is 16.1. The molecule has 172 valence electrons. The van der Waals surface area contributed by atoms with Crippen LogP contribution in [0.5, 0.6) is 0 Å². The van der Waals surface area contributed by atoms with Gasteiger partial charge in [0.05, 0.1) is 11.6 Å². The SMILES string of the molecule is CCCCCC(c1ccc(C#N)c(C)c1)C1CCN(Cc2cc3ccccc3[nH]c2=O)CC1. The Balaban J connectivity index is 1.45. The number of fused-ring (bicyclic) bond motifs is 1. The van der Waals surface area contributed by atoms with Crippen LogP contribution in [0.1, 0.15) is 73.6 Å². The lowest BCUT2D eigenvalue weighted by Gasteiger charge is -2.36. The van der Waals surface area contributed by atoms with Gasteiger partial charge in [0.25, 0.3) is 5.56 Å². The molecule has 4 heteroatoms. The number of para-hydroxylation sites is 1. The lowest BCUT2D eigenvalue weighted by molar-refractivity contribution is 0.157. The van der Waals surface area contributed by atoms with Gasteiger partial charge in [-0.1, -0.05) is 56.5 Å². The van der Waals surface area contributed by atoms with Gasteiger partial charge < -0.3 is 4.98 Å². The van der Waals surface area contributed by atoms with E-state index in [0.717, 1.165) is 53.5 Å². The van der Waals surface area contributed by atoms with Crippen molar-refractivity contribution in [3.63, 3.8) is 0 Å². The van der Waals surface area contributed by atoms with Gasteiger partial charge in [0.2, 0.25) is 0 Å². The molecule has 1 aliphatic rings. The van der Waals surface area contributed by atoms with Crippen molar-refractivity contribution < 1.29 is 0 Å². The summed E-state index contributed by atoms with van der Waals surface area (Å²) in [5, 5.41) is 10.4. The Morgan fingerprint density at radius 2 is 1.91 bits per heavy atom. The van der Waals surface area contributed by atoms with Crippen LogP contribution >= 0.6 is 0 Å². The van der Waals surface area contributed by atoms with Gasteiger partial charge in [-0.15, -0.1) is 0 Å². The van der Waals surface area contributed by atoms with Crippen molar-refractivity contribution in [3.05, 3.63) is 81.1 Å². The number of aromatic amines is 1. The summed E-state index contributed by atoms with van der Waals surface area (Å²) in [6.45, 7) is 7.07. The predicted molar refractivity (Wildman–Crippen MR) is 135 cm³/mol. The summed E-state index contributed by atoms with van der Waals surface area (Å²) in [4.78, 5) is 18.1. The Morgan fingerprint density at radius 1 is 1.12 bits per heavy atom. The maximum absolute atomic E-state index is 12.6. The normalized spacial score (nSPS) is 16.0. The summed E-state index contributed by atoms with van der Waals surface area (Å²) in [7, 11) is 0. The van der Waals surface area contributed by atoms with E-state index in [1.165, 1.54) is 31.2 Å². The molecule has 33 heavy (non-hydrogen) atoms. The number of likely N-dealkylation sites (tertiary alicyclic amines) is 1. The van der Waals surface area contributed by atoms with E-state index in [-0.39, 0.29) is 5.56 Å². The first-order valence-corrected chi connectivity index (χ1v) is 12.4. The van der Waals surface area contributed by atoms with Crippen LogP contribution < -0.4 is 5.56 Å². The lowest BCUT2D eigenvalue weighted by Crippen LogP contribution is -2.36. The van der Waals surface area contributed by atoms with E-state index >= 15 is 0 Å². The number of nitrogens with zero attached hydrogens (tertiary/aromatic N) is 2. The summed E-state index contributed by atoms with van der Waals surface area (Å²) >= 11 is 0. The zero-order valence-electron chi connectivity index (χ0n) is 19.9. The quantitative estimate of drug-likeness (QED) is 0.418. The highest BCUT2D eigenvalue weighted by Gasteiger charge is 2.28. The molecule has 1 aromatic heterocycles. The average Bonchev–Trinajstić information content (AvgIpc) is 2.83. The monoisotopic (exact) mass is 441 g/mol. The number of hydrogen-bond acceptors (Lipinski definition) is 3. The molecule has 0 spiro atoms. The number of benzene rings is 2. The first-order valence-electron chi connectivity index (χ1n) is 12.4. The van der Waals surface area contributed by atoms with Crippen LogP contribution in [0.4, 0.5) is 0 Å². The zero-order valence-corrected chi connectivity index (χ0v) is 19.9. The average molecular weight is 442 g/mol. The van der Waals surface area contributed by atoms with Crippen LogP contribution in [0.25, 0.3) is 10.9 Å². The molecule has 4 nitrogen and oxygen atoms in total. The Morgan fingerprint density at radius 3 is 2.64 bits per heavy atom. The van der Waals surface area contributed by atoms with E-state index < -0.39 is 0 Å². The van der Waals surface area contributed by atoms with E-state index in [2.05, 4.69) is 48.0 Å². The number of aromatic nitrogens is 1. The number of hydrogen-bond donors (Lipinski definition) is 1. The molecule has 1 atom stereocenters. The van der Waals surface area contributed by atoms with Crippen LogP contribution in [0.15, 0.2) is 53.3 Å². The van der Waals surface area contributed by atoms with Crippen LogP contribution in [-0.4, -0.2) is 23.0 Å². The third-order valence-electron chi connectivity index (χ3n) is 7.34. The maximum atomic E-state index is 12.6. The first kappa shape index (κ1) is 23.3. The van der Waals surface area contributed by atoms with E-state index in [0.29, 0.717) is 18.4 Å². The molecule has 2 aromatic carbocycles. The third-order valence-corrected chi connectivity index (χ3v) is 7.34. The number of piperidine rings is 1.